The topological polar surface area (TPSA) is 49.3 Å². The summed E-state index contributed by atoms with van der Waals surface area (Å²) in [7, 11) is 0. The van der Waals surface area contributed by atoms with E-state index in [1.54, 1.807) is 6.07 Å². The maximum Gasteiger partial charge on any atom is 0.252 e. The molecule has 0 spiro atoms. The molecule has 0 radical (unpaired) electrons. The third kappa shape index (κ3) is 3.56. The molecule has 0 bridgehead atoms. The molecule has 0 aromatic heterocycles. The van der Waals surface area contributed by atoms with Gasteiger partial charge in [-0.1, -0.05) is 15.9 Å². The predicted octanol–water partition coefficient (Wildman–Crippen LogP) is 3.24. The van der Waals surface area contributed by atoms with E-state index in [4.69, 9.17) is 0 Å². The second-order valence-electron chi connectivity index (χ2n) is 4.60. The van der Waals surface area contributed by atoms with E-state index < -0.39 is 0 Å². The van der Waals surface area contributed by atoms with Crippen LogP contribution in [0.5, 0.6) is 0 Å². The van der Waals surface area contributed by atoms with Crippen LogP contribution in [0.3, 0.4) is 0 Å². The minimum atomic E-state index is -0.197. The van der Waals surface area contributed by atoms with Gasteiger partial charge < -0.3 is 10.4 Å². The fourth-order valence-corrected chi connectivity index (χ4v) is 3.38. The molecule has 0 aliphatic heterocycles. The Morgan fingerprint density at radius 2 is 1.89 bits per heavy atom. The van der Waals surface area contributed by atoms with Crippen molar-refractivity contribution in [1.82, 2.24) is 5.32 Å². The Labute approximate surface area is 123 Å². The van der Waals surface area contributed by atoms with Crippen molar-refractivity contribution in [2.24, 2.45) is 0 Å². The summed E-state index contributed by atoms with van der Waals surface area (Å²) in [6.45, 7) is 0. The van der Waals surface area contributed by atoms with Gasteiger partial charge in [-0.2, -0.15) is 0 Å². The molecule has 2 N–H and O–H groups in total. The number of hydrogen-bond donors (Lipinski definition) is 2. The molecule has 98 valence electrons. The zero-order valence-electron chi connectivity index (χ0n) is 9.83. The first-order valence-corrected chi connectivity index (χ1v) is 7.59. The van der Waals surface area contributed by atoms with E-state index in [0.29, 0.717) is 5.56 Å². The molecule has 2 rings (SSSR count). The van der Waals surface area contributed by atoms with Crippen molar-refractivity contribution in [1.29, 1.82) is 0 Å². The van der Waals surface area contributed by atoms with Crippen LogP contribution in [0.1, 0.15) is 36.0 Å². The van der Waals surface area contributed by atoms with Crippen molar-refractivity contribution < 1.29 is 9.90 Å². The molecule has 1 fully saturated rings. The third-order valence-electron chi connectivity index (χ3n) is 3.21. The largest absolute Gasteiger partial charge is 0.393 e. The Balaban J connectivity index is 1.99. The van der Waals surface area contributed by atoms with Gasteiger partial charge in [0.05, 0.1) is 11.7 Å². The standard InChI is InChI=1S/C13H15Br2NO2/c14-8-1-6-11(12(15)7-8)13(18)16-9-2-4-10(17)5-3-9/h1,6-7,9-10,17H,2-5H2,(H,16,18). The summed E-state index contributed by atoms with van der Waals surface area (Å²) in [6, 6.07) is 5.68. The SMILES string of the molecule is O=C(NC1CCC(O)CC1)c1ccc(Br)cc1Br. The van der Waals surface area contributed by atoms with E-state index in [1.807, 2.05) is 12.1 Å². The maximum absolute atomic E-state index is 12.1. The molecular formula is C13H15Br2NO2. The predicted molar refractivity (Wildman–Crippen MR) is 77.6 cm³/mol. The van der Waals surface area contributed by atoms with Crippen LogP contribution in [0.15, 0.2) is 27.1 Å². The average molecular weight is 377 g/mol. The molecule has 1 aromatic rings. The highest BCUT2D eigenvalue weighted by atomic mass is 79.9. The first-order chi connectivity index (χ1) is 8.56. The molecule has 1 amide bonds. The van der Waals surface area contributed by atoms with E-state index in [0.717, 1.165) is 34.6 Å². The molecule has 0 atom stereocenters. The van der Waals surface area contributed by atoms with E-state index >= 15 is 0 Å². The van der Waals surface area contributed by atoms with Gasteiger partial charge in [-0.3, -0.25) is 4.79 Å². The minimum absolute atomic E-state index is 0.0595. The molecule has 1 aliphatic carbocycles. The molecule has 0 unspecified atom stereocenters. The zero-order chi connectivity index (χ0) is 13.1. The van der Waals surface area contributed by atoms with Crippen LogP contribution in [0.2, 0.25) is 0 Å². The lowest BCUT2D eigenvalue weighted by atomic mass is 9.93. The molecule has 1 saturated carbocycles. The Bertz CT molecular complexity index is 443. The van der Waals surface area contributed by atoms with Crippen molar-refractivity contribution in [2.45, 2.75) is 37.8 Å². The summed E-state index contributed by atoms with van der Waals surface area (Å²) in [5, 5.41) is 12.4. The van der Waals surface area contributed by atoms with Crippen molar-refractivity contribution in [3.05, 3.63) is 32.7 Å². The van der Waals surface area contributed by atoms with Crippen molar-refractivity contribution in [3.8, 4) is 0 Å². The van der Waals surface area contributed by atoms with Gasteiger partial charge in [-0.15, -0.1) is 0 Å². The van der Waals surface area contributed by atoms with Crippen LogP contribution in [-0.4, -0.2) is 23.2 Å². The molecular weight excluding hydrogens is 362 g/mol. The highest BCUT2D eigenvalue weighted by molar-refractivity contribution is 9.11. The Morgan fingerprint density at radius 1 is 1.22 bits per heavy atom. The van der Waals surface area contributed by atoms with Crippen molar-refractivity contribution >= 4 is 37.8 Å². The van der Waals surface area contributed by atoms with Gasteiger partial charge in [0.2, 0.25) is 0 Å². The van der Waals surface area contributed by atoms with Crippen molar-refractivity contribution in [3.63, 3.8) is 0 Å². The molecule has 1 aromatic carbocycles. The number of aliphatic hydroxyl groups excluding tert-OH is 1. The Kier molecular flexibility index (Phi) is 4.81. The highest BCUT2D eigenvalue weighted by Crippen LogP contribution is 2.23. The van der Waals surface area contributed by atoms with E-state index in [-0.39, 0.29) is 18.1 Å². The van der Waals surface area contributed by atoms with E-state index in [9.17, 15) is 9.90 Å². The van der Waals surface area contributed by atoms with E-state index in [1.165, 1.54) is 0 Å². The molecule has 5 heteroatoms. The number of benzene rings is 1. The summed E-state index contributed by atoms with van der Waals surface area (Å²) in [5.41, 5.74) is 0.643. The molecule has 0 heterocycles. The van der Waals surface area contributed by atoms with Gasteiger partial charge in [0, 0.05) is 15.0 Å². The summed E-state index contributed by atoms with van der Waals surface area (Å²) in [4.78, 5) is 12.1. The second-order valence-corrected chi connectivity index (χ2v) is 6.37. The average Bonchev–Trinajstić information content (AvgIpc) is 2.32. The van der Waals surface area contributed by atoms with Crippen LogP contribution < -0.4 is 5.32 Å². The number of aliphatic hydroxyl groups is 1. The smallest absolute Gasteiger partial charge is 0.252 e. The fraction of sp³-hybridized carbons (Fsp3) is 0.462. The summed E-state index contributed by atoms with van der Waals surface area (Å²) in [5.74, 6) is -0.0595. The Hall–Kier alpha value is -0.390. The van der Waals surface area contributed by atoms with Gasteiger partial charge in [-0.05, 0) is 59.8 Å². The molecule has 1 aliphatic rings. The van der Waals surface area contributed by atoms with Crippen LogP contribution in [0, 0.1) is 0 Å². The van der Waals surface area contributed by atoms with Crippen molar-refractivity contribution in [2.75, 3.05) is 0 Å². The normalized spacial score (nSPS) is 23.7. The Morgan fingerprint density at radius 3 is 2.50 bits per heavy atom. The zero-order valence-corrected chi connectivity index (χ0v) is 13.0. The number of nitrogens with one attached hydrogen (secondary N) is 1. The minimum Gasteiger partial charge on any atom is -0.393 e. The number of rotatable bonds is 2. The third-order valence-corrected chi connectivity index (χ3v) is 4.36. The monoisotopic (exact) mass is 375 g/mol. The van der Waals surface area contributed by atoms with Gasteiger partial charge in [0.1, 0.15) is 0 Å². The number of carbonyl (C=O) groups is 1. The second kappa shape index (κ2) is 6.17. The highest BCUT2D eigenvalue weighted by Gasteiger charge is 2.21. The maximum atomic E-state index is 12.1. The lowest BCUT2D eigenvalue weighted by Gasteiger charge is -2.26. The number of amides is 1. The first kappa shape index (κ1) is 14.0. The molecule has 18 heavy (non-hydrogen) atoms. The lowest BCUT2D eigenvalue weighted by Crippen LogP contribution is -2.38. The summed E-state index contributed by atoms with van der Waals surface area (Å²) in [6.07, 6.45) is 3.04. The van der Waals surface area contributed by atoms with Crippen LogP contribution in [0.4, 0.5) is 0 Å². The number of carbonyl (C=O) groups excluding carboxylic acids is 1. The van der Waals surface area contributed by atoms with E-state index in [2.05, 4.69) is 37.2 Å². The van der Waals surface area contributed by atoms with Crippen LogP contribution in [-0.2, 0) is 0 Å². The van der Waals surface area contributed by atoms with Crippen LogP contribution >= 0.6 is 31.9 Å². The van der Waals surface area contributed by atoms with Crippen LogP contribution in [0.25, 0.3) is 0 Å². The number of hydrogen-bond acceptors (Lipinski definition) is 2. The van der Waals surface area contributed by atoms with Gasteiger partial charge in [0.15, 0.2) is 0 Å². The summed E-state index contributed by atoms with van der Waals surface area (Å²) < 4.78 is 1.72. The molecule has 3 nitrogen and oxygen atoms in total. The van der Waals surface area contributed by atoms with Gasteiger partial charge >= 0.3 is 0 Å². The van der Waals surface area contributed by atoms with Gasteiger partial charge in [0.25, 0.3) is 5.91 Å². The fourth-order valence-electron chi connectivity index (χ4n) is 2.16. The molecule has 0 saturated heterocycles. The number of halogens is 2. The first-order valence-electron chi connectivity index (χ1n) is 6.00. The quantitative estimate of drug-likeness (QED) is 0.832. The lowest BCUT2D eigenvalue weighted by molar-refractivity contribution is 0.0867. The summed E-state index contributed by atoms with van der Waals surface area (Å²) >= 11 is 6.75. The van der Waals surface area contributed by atoms with Gasteiger partial charge in [-0.25, -0.2) is 0 Å².